The molecule has 0 spiro atoms. The zero-order chi connectivity index (χ0) is 18.2. The molecule has 0 atom stereocenters. The maximum Gasteiger partial charge on any atom is 0.238 e. The van der Waals surface area contributed by atoms with E-state index in [0.29, 0.717) is 18.0 Å². The lowest BCUT2D eigenvalue weighted by molar-refractivity contribution is -0.115. The van der Waals surface area contributed by atoms with E-state index >= 15 is 0 Å². The van der Waals surface area contributed by atoms with Crippen molar-refractivity contribution in [2.75, 3.05) is 11.9 Å². The molecule has 5 heteroatoms. The number of hydrogen-bond donors (Lipinski definition) is 2. The van der Waals surface area contributed by atoms with Crippen molar-refractivity contribution in [3.8, 4) is 11.5 Å². The Hall–Kier alpha value is -3.18. The van der Waals surface area contributed by atoms with Crippen LogP contribution in [0.5, 0.6) is 11.5 Å². The van der Waals surface area contributed by atoms with Gasteiger partial charge in [-0.3, -0.25) is 4.79 Å². The highest BCUT2D eigenvalue weighted by atomic mass is 19.1. The Morgan fingerprint density at radius 2 is 1.50 bits per heavy atom. The standard InChI is InChI=1S/C21H19FN2O2/c22-17-8-6-16(7-9-17)14-23-15-21(25)24-18-10-12-20(13-11-18)26-19-4-2-1-3-5-19/h1-13,23H,14-15H2,(H,24,25). The van der Waals surface area contributed by atoms with E-state index in [9.17, 15) is 9.18 Å². The number of hydrogen-bond acceptors (Lipinski definition) is 3. The molecule has 3 aromatic carbocycles. The van der Waals surface area contributed by atoms with Crippen molar-refractivity contribution in [1.29, 1.82) is 0 Å². The van der Waals surface area contributed by atoms with Gasteiger partial charge >= 0.3 is 0 Å². The average molecular weight is 350 g/mol. The molecule has 3 rings (SSSR count). The van der Waals surface area contributed by atoms with Gasteiger partial charge in [0, 0.05) is 12.2 Å². The summed E-state index contributed by atoms with van der Waals surface area (Å²) >= 11 is 0. The number of benzene rings is 3. The quantitative estimate of drug-likeness (QED) is 0.666. The SMILES string of the molecule is O=C(CNCc1ccc(F)cc1)Nc1ccc(Oc2ccccc2)cc1. The molecule has 2 N–H and O–H groups in total. The zero-order valence-electron chi connectivity index (χ0n) is 14.1. The molecule has 0 aliphatic rings. The van der Waals surface area contributed by atoms with E-state index in [1.54, 1.807) is 36.4 Å². The van der Waals surface area contributed by atoms with Crippen molar-refractivity contribution in [3.63, 3.8) is 0 Å². The molecule has 0 aliphatic carbocycles. The number of ether oxygens (including phenoxy) is 1. The molecule has 4 nitrogen and oxygen atoms in total. The fraction of sp³-hybridized carbons (Fsp3) is 0.0952. The minimum atomic E-state index is -0.272. The Bertz CT molecular complexity index is 834. The van der Waals surface area contributed by atoms with Gasteiger partial charge in [-0.15, -0.1) is 0 Å². The van der Waals surface area contributed by atoms with E-state index in [2.05, 4.69) is 10.6 Å². The first kappa shape index (κ1) is 17.6. The monoisotopic (exact) mass is 350 g/mol. The van der Waals surface area contributed by atoms with Crippen LogP contribution in [0.2, 0.25) is 0 Å². The number of para-hydroxylation sites is 1. The maximum atomic E-state index is 12.8. The van der Waals surface area contributed by atoms with E-state index in [1.807, 2.05) is 30.3 Å². The smallest absolute Gasteiger partial charge is 0.238 e. The lowest BCUT2D eigenvalue weighted by Gasteiger charge is -2.09. The molecule has 0 aromatic heterocycles. The molecule has 0 saturated heterocycles. The molecule has 0 heterocycles. The minimum absolute atomic E-state index is 0.149. The number of carbonyl (C=O) groups excluding carboxylic acids is 1. The highest BCUT2D eigenvalue weighted by Crippen LogP contribution is 2.22. The van der Waals surface area contributed by atoms with Crippen molar-refractivity contribution in [1.82, 2.24) is 5.32 Å². The Morgan fingerprint density at radius 1 is 0.846 bits per heavy atom. The summed E-state index contributed by atoms with van der Waals surface area (Å²) in [7, 11) is 0. The second-order valence-corrected chi connectivity index (χ2v) is 5.72. The van der Waals surface area contributed by atoms with E-state index in [0.717, 1.165) is 11.3 Å². The molecule has 0 saturated carbocycles. The third-order valence-corrected chi connectivity index (χ3v) is 3.64. The Kier molecular flexibility index (Phi) is 5.96. The number of rotatable bonds is 7. The van der Waals surface area contributed by atoms with E-state index in [-0.39, 0.29) is 18.3 Å². The van der Waals surface area contributed by atoms with Crippen LogP contribution in [0.15, 0.2) is 78.9 Å². The minimum Gasteiger partial charge on any atom is -0.457 e. The number of carbonyl (C=O) groups is 1. The molecule has 0 aliphatic heterocycles. The molecule has 26 heavy (non-hydrogen) atoms. The van der Waals surface area contributed by atoms with Gasteiger partial charge in [0.25, 0.3) is 0 Å². The first-order valence-electron chi connectivity index (χ1n) is 8.27. The second kappa shape index (κ2) is 8.78. The normalized spacial score (nSPS) is 10.3. The molecule has 132 valence electrons. The first-order valence-corrected chi connectivity index (χ1v) is 8.27. The van der Waals surface area contributed by atoms with Crippen molar-refractivity contribution in [3.05, 3.63) is 90.2 Å². The zero-order valence-corrected chi connectivity index (χ0v) is 14.1. The van der Waals surface area contributed by atoms with E-state index < -0.39 is 0 Å². The van der Waals surface area contributed by atoms with Crippen LogP contribution in [0.1, 0.15) is 5.56 Å². The maximum absolute atomic E-state index is 12.8. The number of nitrogens with one attached hydrogen (secondary N) is 2. The number of anilines is 1. The highest BCUT2D eigenvalue weighted by molar-refractivity contribution is 5.92. The van der Waals surface area contributed by atoms with Gasteiger partial charge in [0.15, 0.2) is 0 Å². The van der Waals surface area contributed by atoms with Gasteiger partial charge in [0.2, 0.25) is 5.91 Å². The van der Waals surface area contributed by atoms with Crippen molar-refractivity contribution in [2.45, 2.75) is 6.54 Å². The van der Waals surface area contributed by atoms with Crippen LogP contribution < -0.4 is 15.4 Å². The van der Waals surface area contributed by atoms with Crippen LogP contribution in [0.25, 0.3) is 0 Å². The van der Waals surface area contributed by atoms with Gasteiger partial charge in [-0.2, -0.15) is 0 Å². The molecule has 0 unspecified atom stereocenters. The number of amides is 1. The highest BCUT2D eigenvalue weighted by Gasteiger charge is 2.03. The van der Waals surface area contributed by atoms with Gasteiger partial charge in [0.1, 0.15) is 17.3 Å². The summed E-state index contributed by atoms with van der Waals surface area (Å²) in [6.07, 6.45) is 0. The fourth-order valence-corrected chi connectivity index (χ4v) is 2.36. The third kappa shape index (κ3) is 5.43. The van der Waals surface area contributed by atoms with Crippen LogP contribution in [0.3, 0.4) is 0 Å². The molecule has 0 fully saturated rings. The fourth-order valence-electron chi connectivity index (χ4n) is 2.36. The second-order valence-electron chi connectivity index (χ2n) is 5.72. The van der Waals surface area contributed by atoms with E-state index in [4.69, 9.17) is 4.74 Å². The van der Waals surface area contributed by atoms with Crippen LogP contribution in [0.4, 0.5) is 10.1 Å². The van der Waals surface area contributed by atoms with Crippen LogP contribution in [0, 0.1) is 5.82 Å². The summed E-state index contributed by atoms with van der Waals surface area (Å²) in [4.78, 5) is 12.0. The Labute approximate surface area is 151 Å². The van der Waals surface area contributed by atoms with E-state index in [1.165, 1.54) is 12.1 Å². The average Bonchev–Trinajstić information content (AvgIpc) is 2.66. The third-order valence-electron chi connectivity index (χ3n) is 3.64. The topological polar surface area (TPSA) is 50.4 Å². The summed E-state index contributed by atoms with van der Waals surface area (Å²) in [5.41, 5.74) is 1.61. The van der Waals surface area contributed by atoms with Gasteiger partial charge in [0.05, 0.1) is 6.54 Å². The molecule has 3 aromatic rings. The van der Waals surface area contributed by atoms with Crippen molar-refractivity contribution in [2.24, 2.45) is 0 Å². The Morgan fingerprint density at radius 3 is 2.19 bits per heavy atom. The predicted octanol–water partition coefficient (Wildman–Crippen LogP) is 4.35. The largest absolute Gasteiger partial charge is 0.457 e. The van der Waals surface area contributed by atoms with Crippen molar-refractivity contribution >= 4 is 11.6 Å². The summed E-state index contributed by atoms with van der Waals surface area (Å²) in [5.74, 6) is 1.04. The predicted molar refractivity (Wildman–Crippen MR) is 99.7 cm³/mol. The number of halogens is 1. The van der Waals surface area contributed by atoms with Crippen LogP contribution in [-0.4, -0.2) is 12.5 Å². The van der Waals surface area contributed by atoms with Crippen molar-refractivity contribution < 1.29 is 13.9 Å². The molecule has 1 amide bonds. The van der Waals surface area contributed by atoms with Crippen LogP contribution >= 0.6 is 0 Å². The first-order chi connectivity index (χ1) is 12.7. The molecule has 0 bridgehead atoms. The summed E-state index contributed by atoms with van der Waals surface area (Å²) in [5, 5.41) is 5.84. The molecular weight excluding hydrogens is 331 g/mol. The van der Waals surface area contributed by atoms with Gasteiger partial charge in [-0.05, 0) is 54.1 Å². The molecule has 0 radical (unpaired) electrons. The lowest BCUT2D eigenvalue weighted by atomic mass is 10.2. The summed E-state index contributed by atoms with van der Waals surface area (Å²) in [6, 6.07) is 22.8. The molecular formula is C21H19FN2O2. The van der Waals surface area contributed by atoms with Gasteiger partial charge < -0.3 is 15.4 Å². The summed E-state index contributed by atoms with van der Waals surface area (Å²) < 4.78 is 18.5. The van der Waals surface area contributed by atoms with Gasteiger partial charge in [-0.1, -0.05) is 30.3 Å². The van der Waals surface area contributed by atoms with Crippen LogP contribution in [-0.2, 0) is 11.3 Å². The van der Waals surface area contributed by atoms with Gasteiger partial charge in [-0.25, -0.2) is 4.39 Å². The summed E-state index contributed by atoms with van der Waals surface area (Å²) in [6.45, 7) is 0.664. The Balaban J connectivity index is 1.44. The lowest BCUT2D eigenvalue weighted by Crippen LogP contribution is -2.27.